The van der Waals surface area contributed by atoms with E-state index in [1.54, 1.807) is 0 Å². The molecule has 2 N–H and O–H groups in total. The van der Waals surface area contributed by atoms with Crippen LogP contribution in [0.3, 0.4) is 0 Å². The summed E-state index contributed by atoms with van der Waals surface area (Å²) in [5, 5.41) is 0. The van der Waals surface area contributed by atoms with Crippen LogP contribution in [0.25, 0.3) is 0 Å². The molecule has 3 rings (SSSR count). The van der Waals surface area contributed by atoms with Crippen LogP contribution in [0.4, 0.5) is 0 Å². The Hall–Kier alpha value is -0.370. The lowest BCUT2D eigenvalue weighted by Gasteiger charge is -2.28. The quantitative estimate of drug-likeness (QED) is 0.777. The van der Waals surface area contributed by atoms with Gasteiger partial charge in [0.1, 0.15) is 6.04 Å². The Balaban J connectivity index is 0.00000208. The van der Waals surface area contributed by atoms with E-state index in [0.717, 1.165) is 32.2 Å². The largest absolute Gasteiger partial charge is 0.341 e. The van der Waals surface area contributed by atoms with Crippen LogP contribution >= 0.6 is 12.4 Å². The highest BCUT2D eigenvalue weighted by Crippen LogP contribution is 2.38. The molecular formula is C16H30ClN3O3S. The van der Waals surface area contributed by atoms with E-state index >= 15 is 0 Å². The number of nitrogens with two attached hydrogens (primary N) is 1. The van der Waals surface area contributed by atoms with Gasteiger partial charge in [0.05, 0.1) is 5.75 Å². The number of halogens is 1. The van der Waals surface area contributed by atoms with Gasteiger partial charge >= 0.3 is 0 Å². The highest BCUT2D eigenvalue weighted by Gasteiger charge is 2.46. The van der Waals surface area contributed by atoms with Gasteiger partial charge in [0.15, 0.2) is 0 Å². The van der Waals surface area contributed by atoms with Gasteiger partial charge in [0.2, 0.25) is 15.9 Å². The normalized spacial score (nSPS) is 33.5. The summed E-state index contributed by atoms with van der Waals surface area (Å²) in [5.74, 6) is 1.08. The standard InChI is InChI=1S/C16H29N3O3S.ClH/c1-2-3-9-23(21,22)19-8-4-5-15(19)16(20)18-10-12-6-7-14(17)13(12)11-18;/h12-15H,2-11,17H2,1H3;1H. The maximum atomic E-state index is 12.9. The van der Waals surface area contributed by atoms with E-state index in [-0.39, 0.29) is 30.1 Å². The van der Waals surface area contributed by atoms with Gasteiger partial charge in [0, 0.05) is 25.7 Å². The van der Waals surface area contributed by atoms with E-state index in [4.69, 9.17) is 5.73 Å². The van der Waals surface area contributed by atoms with Gasteiger partial charge in [0.25, 0.3) is 0 Å². The molecule has 2 heterocycles. The molecule has 0 aromatic rings. The fraction of sp³-hybridized carbons (Fsp3) is 0.938. The highest BCUT2D eigenvalue weighted by atomic mass is 35.5. The molecule has 0 aromatic carbocycles. The Bertz CT molecular complexity index is 557. The summed E-state index contributed by atoms with van der Waals surface area (Å²) in [5.41, 5.74) is 6.14. The van der Waals surface area contributed by atoms with Crippen LogP contribution in [0.5, 0.6) is 0 Å². The SMILES string of the molecule is CCCCS(=O)(=O)N1CCCC1C(=O)N1CC2CCC(N)C2C1.Cl. The van der Waals surface area contributed by atoms with E-state index in [2.05, 4.69) is 0 Å². The molecule has 0 radical (unpaired) electrons. The van der Waals surface area contributed by atoms with Crippen molar-refractivity contribution in [1.29, 1.82) is 0 Å². The van der Waals surface area contributed by atoms with Crippen molar-refractivity contribution < 1.29 is 13.2 Å². The van der Waals surface area contributed by atoms with Gasteiger partial charge in [-0.05, 0) is 43.9 Å². The van der Waals surface area contributed by atoms with E-state index in [1.807, 2.05) is 11.8 Å². The maximum absolute atomic E-state index is 12.9. The first-order valence-corrected chi connectivity index (χ1v) is 10.6. The third-order valence-electron chi connectivity index (χ3n) is 5.83. The van der Waals surface area contributed by atoms with Crippen molar-refractivity contribution in [2.45, 2.75) is 57.5 Å². The summed E-state index contributed by atoms with van der Waals surface area (Å²) in [4.78, 5) is 14.8. The first-order valence-electron chi connectivity index (χ1n) is 8.98. The minimum Gasteiger partial charge on any atom is -0.341 e. The van der Waals surface area contributed by atoms with Crippen LogP contribution in [0.2, 0.25) is 0 Å². The zero-order valence-electron chi connectivity index (χ0n) is 14.4. The molecule has 2 aliphatic heterocycles. The van der Waals surface area contributed by atoms with Crippen molar-refractivity contribution >= 4 is 28.3 Å². The number of hydrogen-bond donors (Lipinski definition) is 1. The Morgan fingerprint density at radius 3 is 2.62 bits per heavy atom. The van der Waals surface area contributed by atoms with Crippen LogP contribution in [0.15, 0.2) is 0 Å². The van der Waals surface area contributed by atoms with Crippen molar-refractivity contribution in [2.24, 2.45) is 17.6 Å². The number of fused-ring (bicyclic) bond motifs is 1. The Morgan fingerprint density at radius 2 is 1.96 bits per heavy atom. The lowest BCUT2D eigenvalue weighted by atomic mass is 9.98. The molecule has 4 unspecified atom stereocenters. The molecule has 140 valence electrons. The van der Waals surface area contributed by atoms with E-state index in [9.17, 15) is 13.2 Å². The number of carbonyl (C=O) groups excluding carboxylic acids is 1. The number of nitrogens with zero attached hydrogens (tertiary/aromatic N) is 2. The van der Waals surface area contributed by atoms with Crippen LogP contribution in [-0.2, 0) is 14.8 Å². The van der Waals surface area contributed by atoms with E-state index in [0.29, 0.717) is 37.8 Å². The molecule has 1 saturated carbocycles. The number of amides is 1. The number of carbonyl (C=O) groups is 1. The van der Waals surface area contributed by atoms with Gasteiger partial charge in [-0.2, -0.15) is 4.31 Å². The summed E-state index contributed by atoms with van der Waals surface area (Å²) in [6.07, 6.45) is 5.09. The minimum absolute atomic E-state index is 0. The van der Waals surface area contributed by atoms with Crippen LogP contribution < -0.4 is 5.73 Å². The molecule has 8 heteroatoms. The summed E-state index contributed by atoms with van der Waals surface area (Å²) >= 11 is 0. The summed E-state index contributed by atoms with van der Waals surface area (Å²) in [7, 11) is -3.31. The molecule has 2 saturated heterocycles. The number of rotatable bonds is 5. The smallest absolute Gasteiger partial charge is 0.241 e. The lowest BCUT2D eigenvalue weighted by molar-refractivity contribution is -0.133. The van der Waals surface area contributed by atoms with Gasteiger partial charge < -0.3 is 10.6 Å². The van der Waals surface area contributed by atoms with Crippen molar-refractivity contribution in [2.75, 3.05) is 25.4 Å². The summed E-state index contributed by atoms with van der Waals surface area (Å²) in [6.45, 7) is 3.94. The molecule has 4 atom stereocenters. The predicted molar refractivity (Wildman–Crippen MR) is 96.4 cm³/mol. The molecule has 1 amide bonds. The van der Waals surface area contributed by atoms with Crippen molar-refractivity contribution in [1.82, 2.24) is 9.21 Å². The summed E-state index contributed by atoms with van der Waals surface area (Å²) in [6, 6.07) is -0.280. The predicted octanol–water partition coefficient (Wildman–Crippen LogP) is 1.20. The Labute approximate surface area is 151 Å². The van der Waals surface area contributed by atoms with Gasteiger partial charge in [-0.3, -0.25) is 4.79 Å². The fourth-order valence-corrected chi connectivity index (χ4v) is 6.34. The monoisotopic (exact) mass is 379 g/mol. The minimum atomic E-state index is -3.31. The Morgan fingerprint density at radius 1 is 1.21 bits per heavy atom. The average Bonchev–Trinajstić information content (AvgIpc) is 3.21. The molecule has 3 fully saturated rings. The Kier molecular flexibility index (Phi) is 6.56. The first kappa shape index (κ1) is 19.9. The second-order valence-corrected chi connectivity index (χ2v) is 9.39. The zero-order valence-corrected chi connectivity index (χ0v) is 16.0. The second kappa shape index (κ2) is 7.89. The summed E-state index contributed by atoms with van der Waals surface area (Å²) < 4.78 is 26.5. The van der Waals surface area contributed by atoms with Gasteiger partial charge in [-0.25, -0.2) is 8.42 Å². The van der Waals surface area contributed by atoms with Gasteiger partial charge in [-0.15, -0.1) is 12.4 Å². The van der Waals surface area contributed by atoms with Crippen LogP contribution in [0.1, 0.15) is 45.4 Å². The number of sulfonamides is 1. The zero-order chi connectivity index (χ0) is 16.6. The van der Waals surface area contributed by atoms with Crippen LogP contribution in [0, 0.1) is 11.8 Å². The van der Waals surface area contributed by atoms with E-state index < -0.39 is 16.1 Å². The second-order valence-electron chi connectivity index (χ2n) is 7.35. The van der Waals surface area contributed by atoms with Crippen molar-refractivity contribution in [3.8, 4) is 0 Å². The molecule has 0 spiro atoms. The third-order valence-corrected chi connectivity index (χ3v) is 7.78. The topological polar surface area (TPSA) is 83.7 Å². The lowest BCUT2D eigenvalue weighted by Crippen LogP contribution is -2.48. The van der Waals surface area contributed by atoms with Crippen molar-refractivity contribution in [3.05, 3.63) is 0 Å². The van der Waals surface area contributed by atoms with Crippen molar-refractivity contribution in [3.63, 3.8) is 0 Å². The molecule has 0 aromatic heterocycles. The highest BCUT2D eigenvalue weighted by molar-refractivity contribution is 7.89. The molecule has 1 aliphatic carbocycles. The first-order chi connectivity index (χ1) is 10.9. The van der Waals surface area contributed by atoms with Crippen LogP contribution in [-0.4, -0.2) is 61.0 Å². The molecular weight excluding hydrogens is 350 g/mol. The number of likely N-dealkylation sites (tertiary alicyclic amines) is 1. The molecule has 6 nitrogen and oxygen atoms in total. The number of hydrogen-bond acceptors (Lipinski definition) is 4. The number of unbranched alkanes of at least 4 members (excludes halogenated alkanes) is 1. The van der Waals surface area contributed by atoms with Gasteiger partial charge in [-0.1, -0.05) is 13.3 Å². The molecule has 3 aliphatic rings. The van der Waals surface area contributed by atoms with E-state index in [1.165, 1.54) is 4.31 Å². The fourth-order valence-electron chi connectivity index (χ4n) is 4.46. The maximum Gasteiger partial charge on any atom is 0.241 e. The third kappa shape index (κ3) is 3.74. The molecule has 24 heavy (non-hydrogen) atoms. The average molecular weight is 380 g/mol. The molecule has 0 bridgehead atoms.